The number of carbonyl (C=O) groups is 1. The molecule has 28 heavy (non-hydrogen) atoms. The van der Waals surface area contributed by atoms with Gasteiger partial charge in [-0.2, -0.15) is 0 Å². The van der Waals surface area contributed by atoms with Gasteiger partial charge < -0.3 is 27.2 Å². The summed E-state index contributed by atoms with van der Waals surface area (Å²) in [6.07, 6.45) is 3.67. The van der Waals surface area contributed by atoms with Crippen LogP contribution in [0.15, 0.2) is 42.0 Å². The molecule has 1 saturated heterocycles. The smallest absolute Gasteiger partial charge is 0.312 e. The van der Waals surface area contributed by atoms with Crippen molar-refractivity contribution in [2.75, 3.05) is 26.2 Å². The van der Waals surface area contributed by atoms with Crippen LogP contribution in [0.1, 0.15) is 34.4 Å². The fourth-order valence-corrected chi connectivity index (χ4v) is 4.64. The van der Waals surface area contributed by atoms with E-state index in [9.17, 15) is 9.90 Å². The second-order valence-corrected chi connectivity index (χ2v) is 8.20. The van der Waals surface area contributed by atoms with Crippen molar-refractivity contribution in [1.29, 1.82) is 0 Å². The van der Waals surface area contributed by atoms with Gasteiger partial charge in [0.15, 0.2) is 0 Å². The first-order valence-corrected chi connectivity index (χ1v) is 10.4. The van der Waals surface area contributed by atoms with E-state index in [0.29, 0.717) is 13.2 Å². The van der Waals surface area contributed by atoms with Crippen LogP contribution in [0.2, 0.25) is 0 Å². The standard InChI is InChI=1S/C22H27NO3S.ClH/c1-16-6-3-4-8-19(16)20(21-17(2)9-13-27-21)15-26-12-11-23-10-5-7-18(14-23)22(24)25;/h3-4,6,8-9,13,15,18H,5,7,10-12,14H2,1-2H3,(H,24,25);1H/b20-15+;/t18-;/m1./s1. The molecule has 3 rings (SSSR count). The minimum Gasteiger partial charge on any atom is -1.00 e. The molecule has 1 unspecified atom stereocenters. The minimum atomic E-state index is -0.664. The number of thiophene rings is 1. The lowest BCUT2D eigenvalue weighted by atomic mass is 9.98. The summed E-state index contributed by atoms with van der Waals surface area (Å²) in [6.45, 7) is 7.42. The Morgan fingerprint density at radius 1 is 1.29 bits per heavy atom. The van der Waals surface area contributed by atoms with Crippen molar-refractivity contribution in [3.63, 3.8) is 0 Å². The number of aryl methyl sites for hydroxylation is 2. The molecule has 0 radical (unpaired) electrons. The average Bonchev–Trinajstić information content (AvgIpc) is 3.09. The Morgan fingerprint density at radius 3 is 2.75 bits per heavy atom. The Labute approximate surface area is 177 Å². The van der Waals surface area contributed by atoms with E-state index >= 15 is 0 Å². The highest BCUT2D eigenvalue weighted by Crippen LogP contribution is 2.32. The molecule has 0 bridgehead atoms. The predicted molar refractivity (Wildman–Crippen MR) is 109 cm³/mol. The lowest BCUT2D eigenvalue weighted by Gasteiger charge is -2.27. The van der Waals surface area contributed by atoms with Crippen LogP contribution in [0.3, 0.4) is 0 Å². The highest BCUT2D eigenvalue weighted by atomic mass is 35.5. The topological polar surface area (TPSA) is 51.0 Å². The van der Waals surface area contributed by atoms with E-state index in [1.165, 1.54) is 26.5 Å². The molecule has 1 aliphatic rings. The molecular weight excluding hydrogens is 394 g/mol. The number of quaternary nitrogens is 1. The number of piperidine rings is 1. The van der Waals surface area contributed by atoms with Gasteiger partial charge in [0.05, 0.1) is 19.4 Å². The molecule has 0 aliphatic carbocycles. The van der Waals surface area contributed by atoms with Crippen molar-refractivity contribution in [2.24, 2.45) is 5.92 Å². The summed E-state index contributed by atoms with van der Waals surface area (Å²) < 4.78 is 5.96. The van der Waals surface area contributed by atoms with Crippen molar-refractivity contribution in [3.05, 3.63) is 63.5 Å². The van der Waals surface area contributed by atoms with Gasteiger partial charge in [-0.1, -0.05) is 24.3 Å². The number of carboxylic acid groups (broad SMARTS) is 1. The second kappa shape index (κ2) is 10.6. The van der Waals surface area contributed by atoms with E-state index in [0.717, 1.165) is 31.5 Å². The normalized spacial score (nSPS) is 19.7. The summed E-state index contributed by atoms with van der Waals surface area (Å²) in [5, 5.41) is 11.3. The molecule has 6 heteroatoms. The van der Waals surface area contributed by atoms with E-state index < -0.39 is 5.97 Å². The van der Waals surface area contributed by atoms with E-state index in [2.05, 4.69) is 49.6 Å². The molecule has 4 nitrogen and oxygen atoms in total. The Hall–Kier alpha value is -1.82. The first-order valence-electron chi connectivity index (χ1n) is 9.55. The maximum Gasteiger partial charge on any atom is 0.312 e. The van der Waals surface area contributed by atoms with Crippen LogP contribution >= 0.6 is 11.3 Å². The molecule has 2 aromatic rings. The van der Waals surface area contributed by atoms with E-state index in [4.69, 9.17) is 4.74 Å². The number of aliphatic carboxylic acids is 1. The zero-order valence-corrected chi connectivity index (χ0v) is 18.0. The van der Waals surface area contributed by atoms with Gasteiger partial charge in [-0.3, -0.25) is 4.79 Å². The molecule has 0 spiro atoms. The largest absolute Gasteiger partial charge is 1.00 e. The van der Waals surface area contributed by atoms with Crippen LogP contribution in [-0.2, 0) is 9.53 Å². The van der Waals surface area contributed by atoms with Crippen molar-refractivity contribution in [2.45, 2.75) is 26.7 Å². The number of likely N-dealkylation sites (tertiary alicyclic amines) is 1. The average molecular weight is 422 g/mol. The molecule has 2 N–H and O–H groups in total. The maximum absolute atomic E-state index is 11.2. The summed E-state index contributed by atoms with van der Waals surface area (Å²) in [7, 11) is 0. The lowest BCUT2D eigenvalue weighted by Crippen LogP contribution is -3.14. The predicted octanol–water partition coefficient (Wildman–Crippen LogP) is 0.154. The van der Waals surface area contributed by atoms with E-state index in [1.807, 2.05) is 6.26 Å². The molecular formula is C22H28ClNO3S. The fraction of sp³-hybridized carbons (Fsp3) is 0.409. The maximum atomic E-state index is 11.2. The number of rotatable bonds is 7. The Bertz CT molecular complexity index is 818. The molecule has 0 saturated carbocycles. The molecule has 152 valence electrons. The first kappa shape index (κ1) is 22.5. The summed E-state index contributed by atoms with van der Waals surface area (Å²) in [6, 6.07) is 10.5. The van der Waals surface area contributed by atoms with Crippen LogP contribution in [0, 0.1) is 19.8 Å². The fourth-order valence-electron chi connectivity index (χ4n) is 3.70. The molecule has 1 aromatic heterocycles. The molecule has 1 aromatic carbocycles. The number of hydrogen-bond donors (Lipinski definition) is 2. The molecule has 2 atom stereocenters. The zero-order chi connectivity index (χ0) is 19.2. The number of hydrogen-bond acceptors (Lipinski definition) is 3. The van der Waals surface area contributed by atoms with Crippen LogP contribution in [0.4, 0.5) is 0 Å². The van der Waals surface area contributed by atoms with Crippen LogP contribution < -0.4 is 17.3 Å². The Morgan fingerprint density at radius 2 is 2.07 bits per heavy atom. The number of halogens is 1. The van der Waals surface area contributed by atoms with Gasteiger partial charge in [-0.05, 0) is 54.8 Å². The number of nitrogens with one attached hydrogen (secondary N) is 1. The Kier molecular flexibility index (Phi) is 8.55. The summed E-state index contributed by atoms with van der Waals surface area (Å²) in [5.41, 5.74) is 4.80. The number of ether oxygens (including phenoxy) is 1. The number of carboxylic acids is 1. The molecule has 2 heterocycles. The van der Waals surface area contributed by atoms with Crippen LogP contribution in [-0.4, -0.2) is 37.3 Å². The van der Waals surface area contributed by atoms with Crippen molar-refractivity contribution in [1.82, 2.24) is 0 Å². The summed E-state index contributed by atoms with van der Waals surface area (Å²) in [4.78, 5) is 13.8. The van der Waals surface area contributed by atoms with Gasteiger partial charge in [0.25, 0.3) is 0 Å². The van der Waals surface area contributed by atoms with Gasteiger partial charge in [-0.15, -0.1) is 11.3 Å². The quantitative estimate of drug-likeness (QED) is 0.494. The SMILES string of the molecule is Cc1ccccc1/C(=C\OCC[NH+]1CCC[C@@H](C(=O)O)C1)c1sccc1C.[Cl-]. The third kappa shape index (κ3) is 5.60. The van der Waals surface area contributed by atoms with Gasteiger partial charge in [-0.25, -0.2) is 0 Å². The minimum absolute atomic E-state index is 0. The highest BCUT2D eigenvalue weighted by molar-refractivity contribution is 7.11. The second-order valence-electron chi connectivity index (χ2n) is 7.28. The third-order valence-corrected chi connectivity index (χ3v) is 6.33. The van der Waals surface area contributed by atoms with Crippen molar-refractivity contribution >= 4 is 22.9 Å². The molecule has 1 fully saturated rings. The molecule has 0 amide bonds. The van der Waals surface area contributed by atoms with Gasteiger partial charge >= 0.3 is 5.97 Å². The van der Waals surface area contributed by atoms with Crippen molar-refractivity contribution in [3.8, 4) is 0 Å². The zero-order valence-electron chi connectivity index (χ0n) is 16.4. The monoisotopic (exact) mass is 421 g/mol. The summed E-state index contributed by atoms with van der Waals surface area (Å²) >= 11 is 1.73. The first-order chi connectivity index (χ1) is 13.1. The van der Waals surface area contributed by atoms with Gasteiger partial charge in [0, 0.05) is 10.5 Å². The third-order valence-electron chi connectivity index (χ3n) is 5.28. The van der Waals surface area contributed by atoms with Gasteiger partial charge in [0.2, 0.25) is 0 Å². The van der Waals surface area contributed by atoms with E-state index in [1.54, 1.807) is 11.3 Å². The van der Waals surface area contributed by atoms with Crippen molar-refractivity contribution < 1.29 is 31.9 Å². The van der Waals surface area contributed by atoms with Crippen LogP contribution in [0.25, 0.3) is 5.57 Å². The van der Waals surface area contributed by atoms with Gasteiger partial charge in [0.1, 0.15) is 19.1 Å². The van der Waals surface area contributed by atoms with Crippen LogP contribution in [0.5, 0.6) is 0 Å². The Balaban J connectivity index is 0.00000280. The highest BCUT2D eigenvalue weighted by Gasteiger charge is 2.28. The molecule has 1 aliphatic heterocycles. The lowest BCUT2D eigenvalue weighted by molar-refractivity contribution is -0.907. The van der Waals surface area contributed by atoms with E-state index in [-0.39, 0.29) is 18.3 Å². The summed E-state index contributed by atoms with van der Waals surface area (Å²) in [5.74, 6) is -0.872. The number of benzene rings is 1.